The average Bonchev–Trinajstić information content (AvgIpc) is 2.84. The lowest BCUT2D eigenvalue weighted by molar-refractivity contribution is -0.151. The number of likely N-dealkylation sites (tertiary alicyclic amines) is 1. The van der Waals surface area contributed by atoms with Crippen molar-refractivity contribution in [2.75, 3.05) is 26.7 Å². The van der Waals surface area contributed by atoms with Crippen LogP contribution < -0.4 is 5.32 Å². The fraction of sp³-hybridized carbons (Fsp3) is 1.00. The predicted molar refractivity (Wildman–Crippen MR) is 78.4 cm³/mol. The van der Waals surface area contributed by atoms with Gasteiger partial charge in [0.25, 0.3) is 0 Å². The van der Waals surface area contributed by atoms with Crippen molar-refractivity contribution in [3.05, 3.63) is 0 Å². The SMILES string of the molecule is CCOC1CC(NC2CCN(C)C2)C12CCCCC2. The summed E-state index contributed by atoms with van der Waals surface area (Å²) >= 11 is 0. The maximum atomic E-state index is 6.04. The molecule has 110 valence electrons. The molecule has 1 heterocycles. The molecule has 3 unspecified atom stereocenters. The molecule has 1 aliphatic heterocycles. The molecular formula is C16H30N2O. The molecule has 2 aliphatic carbocycles. The molecule has 3 heteroatoms. The van der Waals surface area contributed by atoms with Gasteiger partial charge in [-0.1, -0.05) is 19.3 Å². The number of nitrogens with zero attached hydrogens (tertiary/aromatic N) is 1. The van der Waals surface area contributed by atoms with E-state index < -0.39 is 0 Å². The number of ether oxygens (including phenoxy) is 1. The number of nitrogens with one attached hydrogen (secondary N) is 1. The molecule has 19 heavy (non-hydrogen) atoms. The van der Waals surface area contributed by atoms with E-state index >= 15 is 0 Å². The van der Waals surface area contributed by atoms with Crippen LogP contribution in [0.3, 0.4) is 0 Å². The second-order valence-corrected chi connectivity index (χ2v) is 6.94. The zero-order valence-electron chi connectivity index (χ0n) is 12.7. The highest BCUT2D eigenvalue weighted by atomic mass is 16.5. The van der Waals surface area contributed by atoms with Gasteiger partial charge in [-0.2, -0.15) is 0 Å². The van der Waals surface area contributed by atoms with Crippen molar-refractivity contribution >= 4 is 0 Å². The van der Waals surface area contributed by atoms with Gasteiger partial charge in [-0.3, -0.25) is 0 Å². The van der Waals surface area contributed by atoms with E-state index in [2.05, 4.69) is 24.2 Å². The fourth-order valence-electron chi connectivity index (χ4n) is 4.65. The first kappa shape index (κ1) is 13.8. The third-order valence-corrected chi connectivity index (χ3v) is 5.77. The molecule has 3 fully saturated rings. The van der Waals surface area contributed by atoms with Crippen molar-refractivity contribution in [2.45, 2.75) is 70.1 Å². The summed E-state index contributed by atoms with van der Waals surface area (Å²) < 4.78 is 6.04. The lowest BCUT2D eigenvalue weighted by Crippen LogP contribution is -2.66. The van der Waals surface area contributed by atoms with Crippen LogP contribution in [0, 0.1) is 5.41 Å². The average molecular weight is 266 g/mol. The van der Waals surface area contributed by atoms with Crippen LogP contribution in [-0.2, 0) is 4.74 Å². The summed E-state index contributed by atoms with van der Waals surface area (Å²) in [4.78, 5) is 2.45. The Morgan fingerprint density at radius 1 is 1.26 bits per heavy atom. The Morgan fingerprint density at radius 2 is 2.05 bits per heavy atom. The molecule has 0 bridgehead atoms. The highest BCUT2D eigenvalue weighted by Gasteiger charge is 2.55. The molecule has 3 nitrogen and oxygen atoms in total. The van der Waals surface area contributed by atoms with E-state index in [0.29, 0.717) is 11.5 Å². The highest BCUT2D eigenvalue weighted by molar-refractivity contribution is 5.10. The Hall–Kier alpha value is -0.120. The maximum absolute atomic E-state index is 6.04. The van der Waals surface area contributed by atoms with Crippen molar-refractivity contribution in [3.63, 3.8) is 0 Å². The van der Waals surface area contributed by atoms with E-state index in [-0.39, 0.29) is 0 Å². The number of hydrogen-bond acceptors (Lipinski definition) is 3. The Bertz CT molecular complexity index is 301. The minimum atomic E-state index is 0.482. The largest absolute Gasteiger partial charge is 0.378 e. The number of likely N-dealkylation sites (N-methyl/N-ethyl adjacent to an activating group) is 1. The summed E-state index contributed by atoms with van der Waals surface area (Å²) in [5.41, 5.74) is 0.482. The van der Waals surface area contributed by atoms with Gasteiger partial charge in [0.2, 0.25) is 0 Å². The molecule has 0 radical (unpaired) electrons. The molecule has 0 aromatic rings. The molecule has 2 saturated carbocycles. The van der Waals surface area contributed by atoms with Crippen molar-refractivity contribution < 1.29 is 4.74 Å². The smallest absolute Gasteiger partial charge is 0.0661 e. The van der Waals surface area contributed by atoms with Gasteiger partial charge in [0.15, 0.2) is 0 Å². The Kier molecular flexibility index (Phi) is 4.16. The van der Waals surface area contributed by atoms with E-state index in [1.807, 2.05) is 0 Å². The quantitative estimate of drug-likeness (QED) is 0.845. The van der Waals surface area contributed by atoms with Crippen molar-refractivity contribution in [2.24, 2.45) is 5.41 Å². The monoisotopic (exact) mass is 266 g/mol. The number of hydrogen-bond donors (Lipinski definition) is 1. The predicted octanol–water partition coefficient (Wildman–Crippen LogP) is 2.41. The van der Waals surface area contributed by atoms with Gasteiger partial charge in [-0.05, 0) is 46.2 Å². The first-order chi connectivity index (χ1) is 9.24. The van der Waals surface area contributed by atoms with Crippen LogP contribution in [0.4, 0.5) is 0 Å². The fourth-order valence-corrected chi connectivity index (χ4v) is 4.65. The Morgan fingerprint density at radius 3 is 2.68 bits per heavy atom. The van der Waals surface area contributed by atoms with Crippen LogP contribution in [-0.4, -0.2) is 49.8 Å². The van der Waals surface area contributed by atoms with Crippen LogP contribution in [0.5, 0.6) is 0 Å². The zero-order chi connectivity index (χ0) is 13.3. The molecular weight excluding hydrogens is 236 g/mol. The third-order valence-electron chi connectivity index (χ3n) is 5.77. The summed E-state index contributed by atoms with van der Waals surface area (Å²) in [5, 5.41) is 3.97. The standard InChI is InChI=1S/C16H30N2O/c1-3-19-15-11-14(16(15)8-5-4-6-9-16)17-13-7-10-18(2)12-13/h13-15,17H,3-12H2,1-2H3. The Labute approximate surface area is 118 Å². The van der Waals surface area contributed by atoms with Crippen molar-refractivity contribution in [3.8, 4) is 0 Å². The number of rotatable bonds is 4. The van der Waals surface area contributed by atoms with Gasteiger partial charge >= 0.3 is 0 Å². The van der Waals surface area contributed by atoms with Gasteiger partial charge < -0.3 is 15.0 Å². The summed E-state index contributed by atoms with van der Waals surface area (Å²) in [6, 6.07) is 1.44. The normalized spacial score (nSPS) is 38.5. The van der Waals surface area contributed by atoms with Gasteiger partial charge in [0.1, 0.15) is 0 Å². The summed E-state index contributed by atoms with van der Waals surface area (Å²) in [5.74, 6) is 0. The van der Waals surface area contributed by atoms with E-state index in [1.54, 1.807) is 0 Å². The van der Waals surface area contributed by atoms with Crippen LogP contribution >= 0.6 is 0 Å². The topological polar surface area (TPSA) is 24.5 Å². The second kappa shape index (κ2) is 5.71. The lowest BCUT2D eigenvalue weighted by Gasteiger charge is -2.58. The molecule has 1 N–H and O–H groups in total. The van der Waals surface area contributed by atoms with Gasteiger partial charge in [-0.25, -0.2) is 0 Å². The Balaban J connectivity index is 1.61. The minimum absolute atomic E-state index is 0.482. The van der Waals surface area contributed by atoms with Gasteiger partial charge in [-0.15, -0.1) is 0 Å². The first-order valence-corrected chi connectivity index (χ1v) is 8.31. The van der Waals surface area contributed by atoms with Gasteiger partial charge in [0, 0.05) is 30.7 Å². The van der Waals surface area contributed by atoms with Gasteiger partial charge in [0.05, 0.1) is 6.10 Å². The molecule has 1 saturated heterocycles. The lowest BCUT2D eigenvalue weighted by atomic mass is 9.55. The molecule has 3 atom stereocenters. The maximum Gasteiger partial charge on any atom is 0.0661 e. The molecule has 3 aliphatic rings. The molecule has 0 aromatic heterocycles. The van der Waals surface area contributed by atoms with E-state index in [9.17, 15) is 0 Å². The van der Waals surface area contributed by atoms with Crippen molar-refractivity contribution in [1.29, 1.82) is 0 Å². The summed E-state index contributed by atoms with van der Waals surface area (Å²) in [6.07, 6.45) is 10.1. The van der Waals surface area contributed by atoms with E-state index in [4.69, 9.17) is 4.74 Å². The summed E-state index contributed by atoms with van der Waals surface area (Å²) in [7, 11) is 2.24. The van der Waals surface area contributed by atoms with E-state index in [0.717, 1.165) is 18.7 Å². The zero-order valence-corrected chi connectivity index (χ0v) is 12.7. The minimum Gasteiger partial charge on any atom is -0.378 e. The van der Waals surface area contributed by atoms with Crippen LogP contribution in [0.15, 0.2) is 0 Å². The first-order valence-electron chi connectivity index (χ1n) is 8.31. The molecule has 0 amide bonds. The van der Waals surface area contributed by atoms with E-state index in [1.165, 1.54) is 58.0 Å². The molecule has 0 aromatic carbocycles. The third kappa shape index (κ3) is 2.57. The molecule has 3 rings (SSSR count). The second-order valence-electron chi connectivity index (χ2n) is 6.94. The van der Waals surface area contributed by atoms with Crippen LogP contribution in [0.2, 0.25) is 0 Å². The molecule has 1 spiro atoms. The van der Waals surface area contributed by atoms with Crippen LogP contribution in [0.1, 0.15) is 51.9 Å². The van der Waals surface area contributed by atoms with Crippen molar-refractivity contribution in [1.82, 2.24) is 10.2 Å². The summed E-state index contributed by atoms with van der Waals surface area (Å²) in [6.45, 7) is 5.51. The van der Waals surface area contributed by atoms with Crippen LogP contribution in [0.25, 0.3) is 0 Å². The highest BCUT2D eigenvalue weighted by Crippen LogP contribution is 2.53.